The molecule has 0 unspecified atom stereocenters. The number of carbonyl (C=O) groups is 2. The standard InChI is InChI=1S/C18H23N3O2/c1-2-11-19-18(23)20-13-14-7-6-10-16(12-14)21-17(22)15-8-4-3-5-9-15/h1,6-7,10,12,15H,3-5,8-9,11,13H2,(H,21,22)(H2,19,20,23). The zero-order valence-corrected chi connectivity index (χ0v) is 13.2. The van der Waals surface area contributed by atoms with E-state index in [1.54, 1.807) is 0 Å². The van der Waals surface area contributed by atoms with Gasteiger partial charge >= 0.3 is 6.03 Å². The first-order chi connectivity index (χ1) is 11.2. The van der Waals surface area contributed by atoms with Crippen LogP contribution in [0.4, 0.5) is 10.5 Å². The summed E-state index contributed by atoms with van der Waals surface area (Å²) in [5.74, 6) is 2.56. The molecule has 5 nitrogen and oxygen atoms in total. The van der Waals surface area contributed by atoms with E-state index in [1.807, 2.05) is 24.3 Å². The van der Waals surface area contributed by atoms with Gasteiger partial charge in [-0.05, 0) is 30.5 Å². The average Bonchev–Trinajstić information content (AvgIpc) is 2.59. The van der Waals surface area contributed by atoms with E-state index in [-0.39, 0.29) is 24.4 Å². The van der Waals surface area contributed by atoms with Crippen molar-refractivity contribution >= 4 is 17.6 Å². The van der Waals surface area contributed by atoms with Gasteiger partial charge in [0.1, 0.15) is 0 Å². The second-order valence-electron chi connectivity index (χ2n) is 5.76. The lowest BCUT2D eigenvalue weighted by Gasteiger charge is -2.20. The Morgan fingerprint density at radius 1 is 1.17 bits per heavy atom. The van der Waals surface area contributed by atoms with Gasteiger partial charge in [-0.2, -0.15) is 0 Å². The highest BCUT2D eigenvalue weighted by molar-refractivity contribution is 5.92. The van der Waals surface area contributed by atoms with Crippen LogP contribution in [0.1, 0.15) is 37.7 Å². The van der Waals surface area contributed by atoms with Crippen LogP contribution < -0.4 is 16.0 Å². The number of hydrogen-bond donors (Lipinski definition) is 3. The van der Waals surface area contributed by atoms with Gasteiger partial charge in [-0.3, -0.25) is 4.79 Å². The largest absolute Gasteiger partial charge is 0.334 e. The Labute approximate surface area is 137 Å². The van der Waals surface area contributed by atoms with Gasteiger partial charge in [0.15, 0.2) is 0 Å². The van der Waals surface area contributed by atoms with Crippen molar-refractivity contribution in [3.05, 3.63) is 29.8 Å². The topological polar surface area (TPSA) is 70.2 Å². The Hall–Kier alpha value is -2.48. The van der Waals surface area contributed by atoms with Gasteiger partial charge in [-0.1, -0.05) is 37.3 Å². The second-order valence-corrected chi connectivity index (χ2v) is 5.76. The van der Waals surface area contributed by atoms with E-state index in [9.17, 15) is 9.59 Å². The molecule has 122 valence electrons. The van der Waals surface area contributed by atoms with Crippen LogP contribution in [0.3, 0.4) is 0 Å². The van der Waals surface area contributed by atoms with E-state index in [4.69, 9.17) is 6.42 Å². The summed E-state index contributed by atoms with van der Waals surface area (Å²) >= 11 is 0. The molecular formula is C18H23N3O2. The van der Waals surface area contributed by atoms with Crippen molar-refractivity contribution in [1.29, 1.82) is 0 Å². The van der Waals surface area contributed by atoms with Gasteiger partial charge in [0.25, 0.3) is 0 Å². The zero-order chi connectivity index (χ0) is 16.5. The molecule has 0 spiro atoms. The van der Waals surface area contributed by atoms with Crippen molar-refractivity contribution in [2.45, 2.75) is 38.6 Å². The van der Waals surface area contributed by atoms with Crippen molar-refractivity contribution in [2.75, 3.05) is 11.9 Å². The SMILES string of the molecule is C#CCNC(=O)NCc1cccc(NC(=O)C2CCCCC2)c1. The number of amides is 3. The molecule has 23 heavy (non-hydrogen) atoms. The molecule has 1 aromatic rings. The predicted octanol–water partition coefficient (Wildman–Crippen LogP) is 2.64. The molecule has 0 atom stereocenters. The Balaban J connectivity index is 1.85. The lowest BCUT2D eigenvalue weighted by atomic mass is 9.88. The number of benzene rings is 1. The fourth-order valence-corrected chi connectivity index (χ4v) is 2.74. The number of nitrogens with one attached hydrogen (secondary N) is 3. The number of anilines is 1. The van der Waals surface area contributed by atoms with Gasteiger partial charge in [0.05, 0.1) is 6.54 Å². The number of terminal acetylenes is 1. The first-order valence-corrected chi connectivity index (χ1v) is 8.04. The molecule has 3 N–H and O–H groups in total. The molecule has 1 aromatic carbocycles. The van der Waals surface area contributed by atoms with Crippen LogP contribution >= 0.6 is 0 Å². The van der Waals surface area contributed by atoms with Gasteiger partial charge in [-0.25, -0.2) is 4.79 Å². The van der Waals surface area contributed by atoms with E-state index in [0.29, 0.717) is 6.54 Å². The maximum atomic E-state index is 12.3. The van der Waals surface area contributed by atoms with Crippen LogP contribution in [0.5, 0.6) is 0 Å². The van der Waals surface area contributed by atoms with Crippen molar-refractivity contribution in [2.24, 2.45) is 5.92 Å². The summed E-state index contributed by atoms with van der Waals surface area (Å²) in [5.41, 5.74) is 1.69. The highest BCUT2D eigenvalue weighted by atomic mass is 16.2. The van der Waals surface area contributed by atoms with Gasteiger partial charge in [0.2, 0.25) is 5.91 Å². The van der Waals surface area contributed by atoms with Crippen LogP contribution in [-0.2, 0) is 11.3 Å². The Kier molecular flexibility index (Phi) is 6.49. The molecule has 2 rings (SSSR count). The van der Waals surface area contributed by atoms with Crippen molar-refractivity contribution < 1.29 is 9.59 Å². The zero-order valence-electron chi connectivity index (χ0n) is 13.2. The normalized spacial score (nSPS) is 14.6. The number of hydrogen-bond acceptors (Lipinski definition) is 2. The fraction of sp³-hybridized carbons (Fsp3) is 0.444. The lowest BCUT2D eigenvalue weighted by Crippen LogP contribution is -2.35. The molecular weight excluding hydrogens is 290 g/mol. The number of carbonyl (C=O) groups excluding carboxylic acids is 2. The molecule has 1 aliphatic rings. The highest BCUT2D eigenvalue weighted by Gasteiger charge is 2.20. The summed E-state index contributed by atoms with van der Waals surface area (Å²) in [6.45, 7) is 0.576. The summed E-state index contributed by atoms with van der Waals surface area (Å²) in [6.07, 6.45) is 10.5. The number of urea groups is 1. The predicted molar refractivity (Wildman–Crippen MR) is 90.7 cm³/mol. The van der Waals surface area contributed by atoms with Crippen LogP contribution in [-0.4, -0.2) is 18.5 Å². The van der Waals surface area contributed by atoms with Gasteiger partial charge in [-0.15, -0.1) is 6.42 Å². The smallest absolute Gasteiger partial charge is 0.315 e. The van der Waals surface area contributed by atoms with E-state index in [0.717, 1.165) is 36.9 Å². The summed E-state index contributed by atoms with van der Waals surface area (Å²) in [4.78, 5) is 23.7. The van der Waals surface area contributed by atoms with E-state index in [2.05, 4.69) is 21.9 Å². The molecule has 1 aliphatic carbocycles. The van der Waals surface area contributed by atoms with Crippen LogP contribution in [0.2, 0.25) is 0 Å². The highest BCUT2D eigenvalue weighted by Crippen LogP contribution is 2.25. The molecule has 1 saturated carbocycles. The quantitative estimate of drug-likeness (QED) is 0.731. The molecule has 0 radical (unpaired) electrons. The van der Waals surface area contributed by atoms with Crippen molar-refractivity contribution in [3.8, 4) is 12.3 Å². The summed E-state index contributed by atoms with van der Waals surface area (Å²) < 4.78 is 0. The van der Waals surface area contributed by atoms with Crippen LogP contribution in [0.25, 0.3) is 0 Å². The second kappa shape index (κ2) is 8.84. The molecule has 0 aliphatic heterocycles. The maximum absolute atomic E-state index is 12.3. The Morgan fingerprint density at radius 2 is 1.96 bits per heavy atom. The van der Waals surface area contributed by atoms with E-state index >= 15 is 0 Å². The van der Waals surface area contributed by atoms with E-state index in [1.165, 1.54) is 6.42 Å². The fourth-order valence-electron chi connectivity index (χ4n) is 2.74. The molecule has 0 bridgehead atoms. The minimum Gasteiger partial charge on any atom is -0.334 e. The summed E-state index contributed by atoms with van der Waals surface area (Å²) in [5, 5.41) is 8.24. The minimum atomic E-state index is -0.306. The van der Waals surface area contributed by atoms with Crippen molar-refractivity contribution in [1.82, 2.24) is 10.6 Å². The van der Waals surface area contributed by atoms with Crippen LogP contribution in [0, 0.1) is 18.3 Å². The van der Waals surface area contributed by atoms with Gasteiger partial charge < -0.3 is 16.0 Å². The molecule has 0 heterocycles. The summed E-state index contributed by atoms with van der Waals surface area (Å²) in [7, 11) is 0. The Bertz CT molecular complexity index is 586. The van der Waals surface area contributed by atoms with E-state index < -0.39 is 0 Å². The van der Waals surface area contributed by atoms with Crippen LogP contribution in [0.15, 0.2) is 24.3 Å². The lowest BCUT2D eigenvalue weighted by molar-refractivity contribution is -0.120. The first kappa shape index (κ1) is 16.9. The monoisotopic (exact) mass is 313 g/mol. The Morgan fingerprint density at radius 3 is 2.70 bits per heavy atom. The molecule has 0 aromatic heterocycles. The van der Waals surface area contributed by atoms with Gasteiger partial charge in [0, 0.05) is 18.2 Å². The third-order valence-corrected chi connectivity index (χ3v) is 3.97. The maximum Gasteiger partial charge on any atom is 0.315 e. The molecule has 1 fully saturated rings. The number of rotatable bonds is 5. The molecule has 3 amide bonds. The first-order valence-electron chi connectivity index (χ1n) is 8.04. The van der Waals surface area contributed by atoms with Crippen molar-refractivity contribution in [3.63, 3.8) is 0 Å². The minimum absolute atomic E-state index is 0.0987. The third kappa shape index (κ3) is 5.67. The third-order valence-electron chi connectivity index (χ3n) is 3.97. The average molecular weight is 313 g/mol. The molecule has 5 heteroatoms. The molecule has 0 saturated heterocycles. The summed E-state index contributed by atoms with van der Waals surface area (Å²) in [6, 6.07) is 7.20.